The van der Waals surface area contributed by atoms with Crippen LogP contribution in [0.4, 0.5) is 0 Å². The first kappa shape index (κ1) is 9.28. The van der Waals surface area contributed by atoms with Crippen LogP contribution in [0.2, 0.25) is 0 Å². The molecule has 0 fully saturated rings. The second kappa shape index (κ2) is 10.2. The molecule has 0 heteroatoms. The average Bonchev–Trinajstić information content (AvgIpc) is 3.31. The van der Waals surface area contributed by atoms with Gasteiger partial charge in [0.15, 0.2) is 0 Å². The van der Waals surface area contributed by atoms with E-state index < -0.39 is 240 Å². The second-order valence-electron chi connectivity index (χ2n) is 8.83. The van der Waals surface area contributed by atoms with Gasteiger partial charge in [0, 0.05) is 0 Å². The Hall–Kier alpha value is -5.46. The van der Waals surface area contributed by atoms with Crippen molar-refractivity contribution < 1.29 is 37.0 Å². The molecule has 0 spiro atoms. The van der Waals surface area contributed by atoms with Crippen molar-refractivity contribution in [3.63, 3.8) is 0 Å². The van der Waals surface area contributed by atoms with Crippen LogP contribution in [0.5, 0.6) is 0 Å². The van der Waals surface area contributed by atoms with Crippen molar-refractivity contribution in [1.82, 2.24) is 0 Å². The standard InChI is InChI=1S/C42H28/c1-3-14-29(15-4-1)32-26-33(30-16-5-2-6-17-30)28-34(27-32)41-37-21-9-11-23-39(37)42(40-24-12-10-22-38(40)41)36-25-13-19-31-18-7-8-20-35(31)36/h1-28H/i1D,2D,3D,4D,5D,6D,7D,8D,9D,10D,11D,12D,13D,14D,15D,16D,17D,18D,19D,21D,22D,23D,24D,25D,26D,27D,28D. The molecule has 0 saturated carbocycles. The van der Waals surface area contributed by atoms with Crippen LogP contribution in [0.1, 0.15) is 37.0 Å². The van der Waals surface area contributed by atoms with E-state index in [2.05, 4.69) is 0 Å². The van der Waals surface area contributed by atoms with Crippen molar-refractivity contribution in [3.8, 4) is 44.5 Å². The molecule has 0 amide bonds. The highest BCUT2D eigenvalue weighted by Gasteiger charge is 2.19. The fraction of sp³-hybridized carbons (Fsp3) is 0. The lowest BCUT2D eigenvalue weighted by molar-refractivity contribution is 1.58. The molecule has 0 radical (unpaired) electrons. The van der Waals surface area contributed by atoms with Gasteiger partial charge >= 0.3 is 0 Å². The highest BCUT2D eigenvalue weighted by Crippen LogP contribution is 2.46. The summed E-state index contributed by atoms with van der Waals surface area (Å²) in [5, 5.41) is -3.90. The van der Waals surface area contributed by atoms with Crippen molar-refractivity contribution in [2.75, 3.05) is 0 Å². The van der Waals surface area contributed by atoms with Crippen molar-refractivity contribution in [1.29, 1.82) is 0 Å². The van der Waals surface area contributed by atoms with Gasteiger partial charge in [-0.05, 0) is 95.0 Å². The summed E-state index contributed by atoms with van der Waals surface area (Å²) in [4.78, 5) is 0. The van der Waals surface area contributed by atoms with Gasteiger partial charge in [-0.25, -0.2) is 0 Å². The zero-order chi connectivity index (χ0) is 51.4. The molecule has 0 aliphatic carbocycles. The molecule has 42 heavy (non-hydrogen) atoms. The molecule has 0 nitrogen and oxygen atoms in total. The Labute approximate surface area is 284 Å². The van der Waals surface area contributed by atoms with Gasteiger partial charge in [-0.1, -0.05) is 151 Å². The molecular formula is C42H28. The largest absolute Gasteiger partial charge is 0.0636 e. The Kier molecular flexibility index (Phi) is 2.25. The van der Waals surface area contributed by atoms with Crippen LogP contribution in [-0.4, -0.2) is 0 Å². The van der Waals surface area contributed by atoms with Gasteiger partial charge in [0.1, 0.15) is 0 Å². The summed E-state index contributed by atoms with van der Waals surface area (Å²) in [6.45, 7) is 0. The van der Waals surface area contributed by atoms with E-state index in [0.29, 0.717) is 0 Å². The predicted octanol–water partition coefficient (Wildman–Crippen LogP) is 11.8. The number of hydrogen-bond acceptors (Lipinski definition) is 0. The van der Waals surface area contributed by atoms with Crippen molar-refractivity contribution in [3.05, 3.63) is 169 Å². The minimum atomic E-state index is -1.13. The Balaban J connectivity index is 1.81. The van der Waals surface area contributed by atoms with E-state index in [1.54, 1.807) is 0 Å². The lowest BCUT2D eigenvalue weighted by Gasteiger charge is -2.20. The van der Waals surface area contributed by atoms with Gasteiger partial charge in [-0.15, -0.1) is 0 Å². The zero-order valence-corrected chi connectivity index (χ0v) is 21.1. The first-order valence-corrected chi connectivity index (χ1v) is 12.3. The maximum atomic E-state index is 9.85. The third kappa shape index (κ3) is 4.08. The quantitative estimate of drug-likeness (QED) is 0.188. The average molecular weight is 560 g/mol. The maximum absolute atomic E-state index is 9.85. The molecule has 196 valence electrons. The summed E-state index contributed by atoms with van der Waals surface area (Å²) in [7, 11) is 0. The van der Waals surface area contributed by atoms with E-state index in [4.69, 9.17) is 26.0 Å². The van der Waals surface area contributed by atoms with E-state index in [0.717, 1.165) is 6.07 Å². The fourth-order valence-corrected chi connectivity index (χ4v) is 4.78. The Morgan fingerprint density at radius 2 is 0.762 bits per heavy atom. The minimum Gasteiger partial charge on any atom is -0.0622 e. The summed E-state index contributed by atoms with van der Waals surface area (Å²) in [6, 6.07) is -25.0. The second-order valence-corrected chi connectivity index (χ2v) is 8.83. The van der Waals surface area contributed by atoms with Crippen LogP contribution in [0.3, 0.4) is 0 Å². The molecular weight excluding hydrogens is 504 g/mol. The molecule has 0 aliphatic rings. The molecule has 0 bridgehead atoms. The van der Waals surface area contributed by atoms with E-state index in [-0.39, 0.29) is 0 Å². The summed E-state index contributed by atoms with van der Waals surface area (Å²) < 4.78 is 241. The SMILES string of the molecule is [2H]c1cc2c(-c3c4c([2H])c([2H])c([2H])c([2H])c4c(-c4c([2H])c(-c5c([2H])c([2H])c([2H])c([2H])c5[2H])c([2H])c(-c5c([2H])c([2H])c([2H])c([2H])c5[2H])c4[2H])c4c([2H])c([2H])c([2H])c([2H])c34)c([2H])c([2H])c([2H])c2c([2H])c1[2H]. The van der Waals surface area contributed by atoms with Gasteiger partial charge in [-0.3, -0.25) is 0 Å². The zero-order valence-electron chi connectivity index (χ0n) is 48.1. The number of fused-ring (bicyclic) bond motifs is 3. The summed E-state index contributed by atoms with van der Waals surface area (Å²) in [6.07, 6.45) is 0. The Morgan fingerprint density at radius 1 is 0.310 bits per heavy atom. The topological polar surface area (TPSA) is 0 Å². The van der Waals surface area contributed by atoms with E-state index in [1.807, 2.05) is 0 Å². The van der Waals surface area contributed by atoms with Gasteiger partial charge in [-0.2, -0.15) is 0 Å². The van der Waals surface area contributed by atoms with Crippen LogP contribution in [0, 0.1) is 0 Å². The highest BCUT2D eigenvalue weighted by molar-refractivity contribution is 6.23. The molecule has 0 aromatic heterocycles. The van der Waals surface area contributed by atoms with Crippen LogP contribution >= 0.6 is 0 Å². The maximum Gasteiger partial charge on any atom is 0.0636 e. The first-order chi connectivity index (χ1) is 32.1. The van der Waals surface area contributed by atoms with Crippen molar-refractivity contribution >= 4 is 32.3 Å². The van der Waals surface area contributed by atoms with E-state index >= 15 is 0 Å². The van der Waals surface area contributed by atoms with Crippen molar-refractivity contribution in [2.45, 2.75) is 0 Å². The molecule has 0 N–H and O–H groups in total. The van der Waals surface area contributed by atoms with E-state index in [9.17, 15) is 11.0 Å². The molecule has 0 atom stereocenters. The number of hydrogen-bond donors (Lipinski definition) is 0. The molecule has 8 aromatic rings. The molecule has 0 unspecified atom stereocenters. The molecule has 0 aliphatic heterocycles. The van der Waals surface area contributed by atoms with Gasteiger partial charge in [0.25, 0.3) is 0 Å². The predicted molar refractivity (Wildman–Crippen MR) is 181 cm³/mol. The lowest BCUT2D eigenvalue weighted by atomic mass is 9.83. The van der Waals surface area contributed by atoms with Crippen molar-refractivity contribution in [2.24, 2.45) is 0 Å². The first-order valence-electron chi connectivity index (χ1n) is 25.8. The Morgan fingerprint density at radius 3 is 1.33 bits per heavy atom. The van der Waals surface area contributed by atoms with E-state index in [1.165, 1.54) is 0 Å². The Bertz CT molecular complexity index is 3500. The highest BCUT2D eigenvalue weighted by atomic mass is 14.2. The molecule has 0 saturated heterocycles. The lowest BCUT2D eigenvalue weighted by Crippen LogP contribution is -1.92. The number of benzene rings is 8. The summed E-state index contributed by atoms with van der Waals surface area (Å²) >= 11 is 0. The third-order valence-corrected chi connectivity index (χ3v) is 6.51. The van der Waals surface area contributed by atoms with Crippen LogP contribution in [0.15, 0.2) is 169 Å². The summed E-state index contributed by atoms with van der Waals surface area (Å²) in [5.74, 6) is 0. The monoisotopic (exact) mass is 559 g/mol. The van der Waals surface area contributed by atoms with Crippen LogP contribution in [-0.2, 0) is 0 Å². The van der Waals surface area contributed by atoms with Crippen LogP contribution < -0.4 is 0 Å². The van der Waals surface area contributed by atoms with Gasteiger partial charge in [0.05, 0.1) is 37.0 Å². The fourth-order valence-electron chi connectivity index (χ4n) is 4.78. The molecule has 0 heterocycles. The van der Waals surface area contributed by atoms with Gasteiger partial charge in [0.2, 0.25) is 0 Å². The molecule has 8 aromatic carbocycles. The van der Waals surface area contributed by atoms with Gasteiger partial charge < -0.3 is 0 Å². The summed E-state index contributed by atoms with van der Waals surface area (Å²) in [5.41, 5.74) is -6.65. The number of rotatable bonds is 4. The molecule has 8 rings (SSSR count). The minimum absolute atomic E-state index is 0.393. The smallest absolute Gasteiger partial charge is 0.0622 e. The third-order valence-electron chi connectivity index (χ3n) is 6.51. The van der Waals surface area contributed by atoms with Crippen LogP contribution in [0.25, 0.3) is 76.8 Å². The normalized spacial score (nSPS) is 20.3.